The number of amides is 2. The predicted molar refractivity (Wildman–Crippen MR) is 125 cm³/mol. The molecule has 4 rings (SSSR count). The van der Waals surface area contributed by atoms with Crippen LogP contribution < -0.4 is 11.1 Å². The molecule has 0 aromatic carbocycles. The summed E-state index contributed by atoms with van der Waals surface area (Å²) in [4.78, 5) is 52.5. The fourth-order valence-corrected chi connectivity index (χ4v) is 5.93. The van der Waals surface area contributed by atoms with Gasteiger partial charge in [0.15, 0.2) is 10.8 Å². The number of aliphatic carboxylic acids is 1. The van der Waals surface area contributed by atoms with Crippen LogP contribution in [-0.2, 0) is 19.2 Å². The topological polar surface area (TPSA) is 160 Å². The predicted octanol–water partition coefficient (Wildman–Crippen LogP) is 1.64. The van der Waals surface area contributed by atoms with Gasteiger partial charge in [0, 0.05) is 15.8 Å². The van der Waals surface area contributed by atoms with E-state index < -0.39 is 22.6 Å². The van der Waals surface area contributed by atoms with Crippen LogP contribution in [0.25, 0.3) is 6.08 Å². The molecule has 4 heterocycles. The lowest BCUT2D eigenvalue weighted by atomic mass is 10.1. The minimum absolute atomic E-state index is 0.100. The Morgan fingerprint density at radius 3 is 2.76 bits per heavy atom. The molecule has 1 fully saturated rings. The number of thiazole rings is 2. The summed E-state index contributed by atoms with van der Waals surface area (Å²) in [5, 5.41) is 17.1. The third kappa shape index (κ3) is 4.49. The number of hydrogen-bond acceptors (Lipinski definition) is 11. The number of nitrogens with one attached hydrogen (secondary N) is 1. The molecule has 14 heteroatoms. The molecule has 172 valence electrons. The maximum absolute atomic E-state index is 13.1. The molecule has 1 saturated heterocycles. The zero-order valence-electron chi connectivity index (χ0n) is 17.3. The third-order valence-electron chi connectivity index (χ3n) is 4.82. The maximum Gasteiger partial charge on any atom is 0.353 e. The van der Waals surface area contributed by atoms with Gasteiger partial charge in [-0.15, -0.1) is 34.4 Å². The van der Waals surface area contributed by atoms with Gasteiger partial charge in [-0.05, 0) is 13.0 Å². The van der Waals surface area contributed by atoms with Gasteiger partial charge in [-0.3, -0.25) is 14.5 Å². The number of nitrogens with zero attached hydrogens (tertiary/aromatic N) is 4. The van der Waals surface area contributed by atoms with Gasteiger partial charge in [0.2, 0.25) is 5.91 Å². The highest BCUT2D eigenvalue weighted by Crippen LogP contribution is 2.43. The van der Waals surface area contributed by atoms with Gasteiger partial charge in [-0.2, -0.15) is 0 Å². The number of hydrogen-bond donors (Lipinski definition) is 3. The number of nitrogen functional groups attached to an aromatic ring is 1. The Hall–Kier alpha value is -3.23. The molecule has 0 saturated carbocycles. The summed E-state index contributed by atoms with van der Waals surface area (Å²) in [7, 11) is 1.30. The number of aromatic nitrogens is 2. The van der Waals surface area contributed by atoms with Crippen molar-refractivity contribution in [2.75, 3.05) is 12.8 Å². The number of carboxylic acid groups (broad SMARTS) is 1. The van der Waals surface area contributed by atoms with Crippen molar-refractivity contribution in [3.63, 3.8) is 0 Å². The molecule has 2 aliphatic rings. The fraction of sp³-hybridized carbons (Fsp3) is 0.263. The number of carbonyl (C=O) groups excluding carboxylic acids is 2. The second kappa shape index (κ2) is 9.33. The second-order valence-corrected chi connectivity index (χ2v) is 9.91. The van der Waals surface area contributed by atoms with Gasteiger partial charge < -0.3 is 21.0 Å². The van der Waals surface area contributed by atoms with Crippen LogP contribution in [0, 0.1) is 6.92 Å². The number of oxime groups is 1. The normalized spacial score (nSPS) is 20.6. The highest BCUT2D eigenvalue weighted by atomic mass is 32.2. The van der Waals surface area contributed by atoms with E-state index in [1.54, 1.807) is 23.0 Å². The Morgan fingerprint density at radius 1 is 1.39 bits per heavy atom. The smallest absolute Gasteiger partial charge is 0.353 e. The maximum atomic E-state index is 13.1. The molecule has 33 heavy (non-hydrogen) atoms. The average molecular weight is 507 g/mol. The van der Waals surface area contributed by atoms with Crippen LogP contribution in [0.15, 0.2) is 33.4 Å². The molecular weight excluding hydrogens is 488 g/mol. The molecule has 2 amide bonds. The zero-order chi connectivity index (χ0) is 23.7. The van der Waals surface area contributed by atoms with Crippen molar-refractivity contribution >= 4 is 69.1 Å². The Labute approximate surface area is 200 Å². The van der Waals surface area contributed by atoms with Crippen LogP contribution in [0.3, 0.4) is 0 Å². The number of fused-ring (bicyclic) bond motifs is 1. The van der Waals surface area contributed by atoms with E-state index in [-0.39, 0.29) is 40.1 Å². The fourth-order valence-electron chi connectivity index (χ4n) is 3.28. The largest absolute Gasteiger partial charge is 0.477 e. The number of rotatable bonds is 7. The van der Waals surface area contributed by atoms with Crippen LogP contribution in [0.2, 0.25) is 0 Å². The summed E-state index contributed by atoms with van der Waals surface area (Å²) >= 11 is 3.81. The summed E-state index contributed by atoms with van der Waals surface area (Å²) in [6.45, 7) is 1.83. The first-order valence-electron chi connectivity index (χ1n) is 9.46. The van der Waals surface area contributed by atoms with E-state index >= 15 is 0 Å². The number of nitrogens with two attached hydrogens (primary N) is 1. The minimum Gasteiger partial charge on any atom is -0.477 e. The molecule has 2 atom stereocenters. The number of anilines is 1. The molecule has 0 spiro atoms. The van der Waals surface area contributed by atoms with Gasteiger partial charge >= 0.3 is 5.97 Å². The molecule has 11 nitrogen and oxygen atoms in total. The Balaban J connectivity index is 1.71. The molecule has 2 aliphatic heterocycles. The monoisotopic (exact) mass is 506 g/mol. The summed E-state index contributed by atoms with van der Waals surface area (Å²) in [6.07, 6.45) is 3.50. The number of aryl methyl sites for hydroxylation is 1. The molecule has 0 aliphatic carbocycles. The van der Waals surface area contributed by atoms with Crippen molar-refractivity contribution < 1.29 is 24.3 Å². The van der Waals surface area contributed by atoms with E-state index in [0.29, 0.717) is 0 Å². The highest BCUT2D eigenvalue weighted by Gasteiger charge is 2.48. The van der Waals surface area contributed by atoms with E-state index in [9.17, 15) is 19.5 Å². The van der Waals surface area contributed by atoms with Crippen molar-refractivity contribution in [1.29, 1.82) is 0 Å². The Kier molecular flexibility index (Phi) is 6.49. The van der Waals surface area contributed by atoms with Crippen molar-refractivity contribution in [2.45, 2.75) is 24.1 Å². The van der Waals surface area contributed by atoms with E-state index in [1.165, 1.54) is 35.1 Å². The summed E-state index contributed by atoms with van der Waals surface area (Å²) in [5.74, 6) is -2.16. The SMILES string of the molecule is CON=C(C(=O)NC1S[C@H]2CC(=O)N2C(C(=O)O)=C1C=Cc1scnc1C)c1csc(N)n1. The first-order valence-corrected chi connectivity index (χ1v) is 12.2. The van der Waals surface area contributed by atoms with Crippen LogP contribution in [0.5, 0.6) is 0 Å². The lowest BCUT2D eigenvalue weighted by Crippen LogP contribution is -2.57. The minimum atomic E-state index is -1.26. The van der Waals surface area contributed by atoms with Crippen molar-refractivity contribution in [2.24, 2.45) is 5.16 Å². The van der Waals surface area contributed by atoms with Crippen molar-refractivity contribution in [1.82, 2.24) is 20.2 Å². The molecule has 4 N–H and O–H groups in total. The summed E-state index contributed by atoms with van der Waals surface area (Å²) in [6, 6.07) is 0. The van der Waals surface area contributed by atoms with Crippen LogP contribution in [0.1, 0.15) is 22.7 Å². The quantitative estimate of drug-likeness (QED) is 0.288. The Morgan fingerprint density at radius 2 is 2.18 bits per heavy atom. The van der Waals surface area contributed by atoms with Gasteiger partial charge in [0.05, 0.1) is 23.0 Å². The van der Waals surface area contributed by atoms with Crippen LogP contribution in [-0.4, -0.2) is 61.3 Å². The van der Waals surface area contributed by atoms with Gasteiger partial charge in [-0.25, -0.2) is 14.8 Å². The first kappa shape index (κ1) is 22.9. The lowest BCUT2D eigenvalue weighted by molar-refractivity contribution is -0.146. The van der Waals surface area contributed by atoms with Gasteiger partial charge in [0.25, 0.3) is 5.91 Å². The van der Waals surface area contributed by atoms with Crippen LogP contribution >= 0.6 is 34.4 Å². The van der Waals surface area contributed by atoms with Crippen LogP contribution in [0.4, 0.5) is 5.13 Å². The molecule has 0 radical (unpaired) electrons. The third-order valence-corrected chi connectivity index (χ3v) is 7.73. The average Bonchev–Trinajstić information content (AvgIpc) is 3.37. The zero-order valence-corrected chi connectivity index (χ0v) is 19.8. The highest BCUT2D eigenvalue weighted by molar-refractivity contribution is 8.00. The molecular formula is C19H18N6O5S3. The lowest BCUT2D eigenvalue weighted by Gasteiger charge is -2.46. The van der Waals surface area contributed by atoms with E-state index in [2.05, 4.69) is 20.4 Å². The van der Waals surface area contributed by atoms with Crippen molar-refractivity contribution in [3.8, 4) is 0 Å². The summed E-state index contributed by atoms with van der Waals surface area (Å²) < 4.78 is 0. The molecule has 2 aromatic heterocycles. The van der Waals surface area contributed by atoms with Gasteiger partial charge in [-0.1, -0.05) is 11.2 Å². The van der Waals surface area contributed by atoms with E-state index in [0.717, 1.165) is 21.9 Å². The molecule has 0 bridgehead atoms. The number of β-lactam (4-membered cyclic amide) rings is 1. The standard InChI is InChI=1S/C19H18N6O5S3/c1-8-11(32-7-21-8)4-3-9-15(18(28)29)25-12(26)5-13(25)33-17(9)23-16(27)14(24-30-2)10-6-31-19(20)22-10/h3-4,6-7,13,17H,5H2,1-2H3,(H2,20,22)(H,23,27)(H,28,29)/t13-,17?/m0/s1. The molecule has 2 aromatic rings. The molecule has 1 unspecified atom stereocenters. The van der Waals surface area contributed by atoms with Gasteiger partial charge in [0.1, 0.15) is 23.9 Å². The van der Waals surface area contributed by atoms with Crippen molar-refractivity contribution in [3.05, 3.63) is 44.5 Å². The summed E-state index contributed by atoms with van der Waals surface area (Å²) in [5.41, 5.74) is 8.38. The number of thioether (sulfide) groups is 1. The number of carbonyl (C=O) groups is 3. The van der Waals surface area contributed by atoms with E-state index in [1.807, 2.05) is 6.92 Å². The first-order chi connectivity index (χ1) is 15.8. The van der Waals surface area contributed by atoms with E-state index in [4.69, 9.17) is 10.6 Å². The number of carboxylic acids is 1. The second-order valence-electron chi connectivity index (χ2n) is 6.85. The Bertz CT molecular complexity index is 1220.